The number of likely N-dealkylation sites (tertiary alicyclic amines) is 2. The van der Waals surface area contributed by atoms with E-state index in [1.54, 1.807) is 5.56 Å². The lowest BCUT2D eigenvalue weighted by Crippen LogP contribution is -2.55. The third-order valence-corrected chi connectivity index (χ3v) is 15.4. The zero-order chi connectivity index (χ0) is 42.2. The number of nitrogens with two attached hydrogens (primary N) is 2. The van der Waals surface area contributed by atoms with Crippen molar-refractivity contribution < 1.29 is 9.59 Å². The van der Waals surface area contributed by atoms with Crippen molar-refractivity contribution in [2.24, 2.45) is 23.3 Å². The Bertz CT molecular complexity index is 2400. The molecule has 61 heavy (non-hydrogen) atoms. The van der Waals surface area contributed by atoms with Crippen LogP contribution in [-0.4, -0.2) is 71.2 Å². The van der Waals surface area contributed by atoms with E-state index in [1.165, 1.54) is 70.7 Å². The van der Waals surface area contributed by atoms with Gasteiger partial charge in [0.25, 0.3) is 0 Å². The topological polar surface area (TPSA) is 141 Å². The van der Waals surface area contributed by atoms with Gasteiger partial charge in [-0.25, -0.2) is 0 Å². The molecule has 2 amide bonds. The Labute approximate surface area is 361 Å². The molecule has 3 fully saturated rings. The maximum Gasteiger partial charge on any atom is 0.240 e. The number of carbonyl (C=O) groups is 2. The van der Waals surface area contributed by atoms with Crippen molar-refractivity contribution in [3.05, 3.63) is 89.6 Å². The molecule has 1 spiro atoms. The van der Waals surface area contributed by atoms with Crippen LogP contribution in [0.4, 0.5) is 11.4 Å². The summed E-state index contributed by atoms with van der Waals surface area (Å²) >= 11 is 0. The number of nitrogens with zero attached hydrogens (tertiary/aromatic N) is 2. The second kappa shape index (κ2) is 15.7. The molecule has 10 rings (SSSR count). The molecule has 4 aliphatic heterocycles. The Morgan fingerprint density at radius 3 is 1.92 bits per heavy atom. The average molecular weight is 821 g/mol. The molecule has 6 unspecified atom stereocenters. The quantitative estimate of drug-likeness (QED) is 0.100. The summed E-state index contributed by atoms with van der Waals surface area (Å²) in [6.45, 7) is 9.59. The van der Waals surface area contributed by atoms with E-state index in [4.69, 9.17) is 11.5 Å². The van der Waals surface area contributed by atoms with E-state index in [-0.39, 0.29) is 53.5 Å². The predicted octanol–water partition coefficient (Wildman–Crippen LogP) is 7.86. The minimum atomic E-state index is -0.484. The minimum Gasteiger partial charge on any atom is -0.368 e. The van der Waals surface area contributed by atoms with Gasteiger partial charge in [0.05, 0.1) is 41.2 Å². The highest BCUT2D eigenvalue weighted by Crippen LogP contribution is 2.56. The summed E-state index contributed by atoms with van der Waals surface area (Å²) in [5, 5.41) is 17.4. The van der Waals surface area contributed by atoms with Crippen molar-refractivity contribution in [1.29, 1.82) is 0 Å². The Balaban J connectivity index is 0.954. The van der Waals surface area contributed by atoms with Gasteiger partial charge in [-0.15, -0.1) is 0 Å². The number of carbonyl (C=O) groups excluding carboxylic acids is 2. The van der Waals surface area contributed by atoms with E-state index in [0.717, 1.165) is 67.8 Å². The second-order valence-corrected chi connectivity index (χ2v) is 19.6. The first-order valence-corrected chi connectivity index (χ1v) is 23.2. The number of nitrogens with one attached hydrogen (secondary N) is 4. The summed E-state index contributed by atoms with van der Waals surface area (Å²) in [5.74, 6) is 0.314. The number of fused-ring (bicyclic) bond motifs is 4. The number of rotatable bonds is 9. The Hall–Kier alpha value is -5.06. The normalized spacial score (nSPS) is 24.8. The van der Waals surface area contributed by atoms with Crippen LogP contribution in [0.25, 0.3) is 38.7 Å². The van der Waals surface area contributed by atoms with Crippen molar-refractivity contribution in [2.75, 3.05) is 23.7 Å². The maximum atomic E-state index is 13.4. The summed E-state index contributed by atoms with van der Waals surface area (Å²) in [7, 11) is 0. The molecule has 8 N–H and O–H groups in total. The van der Waals surface area contributed by atoms with Gasteiger partial charge in [0.15, 0.2) is 0 Å². The van der Waals surface area contributed by atoms with Crippen LogP contribution in [0.5, 0.6) is 0 Å². The molecule has 6 aliphatic rings. The van der Waals surface area contributed by atoms with E-state index in [9.17, 15) is 9.59 Å². The van der Waals surface area contributed by atoms with Crippen LogP contribution >= 0.6 is 0 Å². The smallest absolute Gasteiger partial charge is 0.240 e. The zero-order valence-electron chi connectivity index (χ0n) is 36.4. The van der Waals surface area contributed by atoms with E-state index >= 15 is 0 Å². The molecule has 1 saturated carbocycles. The highest BCUT2D eigenvalue weighted by molar-refractivity contribution is 6.04. The minimum absolute atomic E-state index is 0.0436. The van der Waals surface area contributed by atoms with E-state index in [2.05, 4.69) is 94.2 Å². The molecule has 0 radical (unpaired) electrons. The van der Waals surface area contributed by atoms with E-state index in [0.29, 0.717) is 0 Å². The number of anilines is 2. The molecule has 4 aromatic carbocycles. The van der Waals surface area contributed by atoms with Gasteiger partial charge < -0.3 is 42.5 Å². The fourth-order valence-electron chi connectivity index (χ4n) is 11.9. The fraction of sp³-hybridized carbons (Fsp3) is 0.490. The lowest BCUT2D eigenvalue weighted by Gasteiger charge is -2.33. The molecule has 6 atom stereocenters. The monoisotopic (exact) mass is 821 g/mol. The van der Waals surface area contributed by atoms with Gasteiger partial charge in [0, 0.05) is 24.9 Å². The first kappa shape index (κ1) is 40.0. The number of benzene rings is 4. The Morgan fingerprint density at radius 2 is 1.25 bits per heavy atom. The standard InChI is InChI=1S/C51H64N8O2/c1-29(2)45(52)49(60)58-25-9-13-42(58)47-54-28-41(57-47)37-19-18-35(33-11-5-6-12-34(33)37)36-17-16-32(44-38(36)21-24-51(44)22-7-8-23-51)31-15-20-39-40(27-31)56-48(55-39)43-14-10-26-59(43)50(61)46(53)30(3)4/h5-6,11-12,15-20,27-30,42-43,45-48,54-57H,7-10,13-14,21-26,52-53H2,1-4H3. The fourth-order valence-corrected chi connectivity index (χ4v) is 11.9. The third kappa shape index (κ3) is 6.76. The Kier molecular flexibility index (Phi) is 10.3. The zero-order valence-corrected chi connectivity index (χ0v) is 36.4. The van der Waals surface area contributed by atoms with Crippen molar-refractivity contribution >= 4 is 39.7 Å². The van der Waals surface area contributed by atoms with Gasteiger partial charge in [-0.1, -0.05) is 95.1 Å². The van der Waals surface area contributed by atoms with Crippen LogP contribution in [0.3, 0.4) is 0 Å². The second-order valence-electron chi connectivity index (χ2n) is 19.6. The van der Waals surface area contributed by atoms with Crippen molar-refractivity contribution in [2.45, 2.75) is 134 Å². The van der Waals surface area contributed by atoms with Gasteiger partial charge in [0.2, 0.25) is 11.8 Å². The Morgan fingerprint density at radius 1 is 0.656 bits per heavy atom. The van der Waals surface area contributed by atoms with Gasteiger partial charge in [0.1, 0.15) is 12.3 Å². The number of amides is 2. The van der Waals surface area contributed by atoms with Crippen LogP contribution in [-0.2, 0) is 21.4 Å². The number of hydrogen-bond donors (Lipinski definition) is 6. The lowest BCUT2D eigenvalue weighted by molar-refractivity contribution is -0.135. The van der Waals surface area contributed by atoms with E-state index in [1.807, 2.05) is 37.5 Å². The molecule has 4 aromatic rings. The maximum absolute atomic E-state index is 13.4. The summed E-state index contributed by atoms with van der Waals surface area (Å²) in [6, 6.07) is 24.3. The van der Waals surface area contributed by atoms with Crippen molar-refractivity contribution in [1.82, 2.24) is 20.4 Å². The van der Waals surface area contributed by atoms with Crippen LogP contribution in [0.1, 0.15) is 102 Å². The van der Waals surface area contributed by atoms with Gasteiger partial charge in [-0.3, -0.25) is 9.59 Å². The SMILES string of the molecule is CC(C)C(N)C(=O)N1CCCC1C1NC=C(c2ccc(-c3ccc(-c4ccc5c(c4)NC(C4CCCN4C(=O)C(N)C(C)C)N5)c4c3CCC43CCCC3)c3ccccc23)N1. The highest BCUT2D eigenvalue weighted by atomic mass is 16.2. The first-order chi connectivity index (χ1) is 29.5. The molecule has 4 heterocycles. The third-order valence-electron chi connectivity index (χ3n) is 15.4. The molecular weight excluding hydrogens is 757 g/mol. The van der Waals surface area contributed by atoms with Crippen molar-refractivity contribution in [3.63, 3.8) is 0 Å². The van der Waals surface area contributed by atoms with Crippen LogP contribution in [0.2, 0.25) is 0 Å². The van der Waals surface area contributed by atoms with Gasteiger partial charge in [-0.2, -0.15) is 0 Å². The lowest BCUT2D eigenvalue weighted by atomic mass is 9.76. The summed E-state index contributed by atoms with van der Waals surface area (Å²) in [4.78, 5) is 30.8. The first-order valence-electron chi connectivity index (χ1n) is 23.2. The molecule has 0 aromatic heterocycles. The predicted molar refractivity (Wildman–Crippen MR) is 247 cm³/mol. The van der Waals surface area contributed by atoms with Gasteiger partial charge in [-0.05, 0) is 125 Å². The molecule has 0 bridgehead atoms. The largest absolute Gasteiger partial charge is 0.368 e. The van der Waals surface area contributed by atoms with E-state index < -0.39 is 12.1 Å². The van der Waals surface area contributed by atoms with Crippen LogP contribution in [0.15, 0.2) is 72.9 Å². The van der Waals surface area contributed by atoms with Crippen molar-refractivity contribution in [3.8, 4) is 22.3 Å². The molecule has 2 saturated heterocycles. The molecular formula is C51H64N8O2. The number of hydrogen-bond acceptors (Lipinski definition) is 8. The van der Waals surface area contributed by atoms with Crippen LogP contribution < -0.4 is 32.7 Å². The molecule has 10 nitrogen and oxygen atoms in total. The van der Waals surface area contributed by atoms with Gasteiger partial charge >= 0.3 is 0 Å². The molecule has 10 heteroatoms. The molecule has 2 aliphatic carbocycles. The summed E-state index contributed by atoms with van der Waals surface area (Å²) in [6.07, 6.45) is 13.2. The van der Waals surface area contributed by atoms with Crippen LogP contribution in [0, 0.1) is 11.8 Å². The highest BCUT2D eigenvalue weighted by Gasteiger charge is 2.45. The average Bonchev–Trinajstić information content (AvgIpc) is 4.13. The summed E-state index contributed by atoms with van der Waals surface area (Å²) < 4.78 is 0. The summed E-state index contributed by atoms with van der Waals surface area (Å²) in [5.41, 5.74) is 25.7. The molecule has 320 valence electrons.